The van der Waals surface area contributed by atoms with Crippen LogP contribution in [0.3, 0.4) is 0 Å². The molecule has 4 fully saturated rings. The van der Waals surface area contributed by atoms with Gasteiger partial charge >= 0.3 is 0 Å². The molecule has 0 unspecified atom stereocenters. The van der Waals surface area contributed by atoms with E-state index in [0.29, 0.717) is 38.4 Å². The third kappa shape index (κ3) is 4.70. The number of fused-ring (bicyclic) bond motifs is 1. The number of hydrogen-bond acceptors (Lipinski definition) is 5. The predicted octanol–water partition coefficient (Wildman–Crippen LogP) is 0.945. The number of carbonyl (C=O) groups excluding carboxylic acids is 4. The van der Waals surface area contributed by atoms with Crippen LogP contribution in [0.4, 0.5) is 0 Å². The molecule has 3 heterocycles. The normalized spacial score (nSPS) is 32.9. The number of nitrogens with zero attached hydrogens (tertiary/aromatic N) is 2. The summed E-state index contributed by atoms with van der Waals surface area (Å²) in [6.07, 6.45) is 7.39. The molecule has 8 heteroatoms. The van der Waals surface area contributed by atoms with Crippen LogP contribution in [-0.2, 0) is 19.2 Å². The summed E-state index contributed by atoms with van der Waals surface area (Å²) in [5.41, 5.74) is -0.00762. The van der Waals surface area contributed by atoms with Crippen molar-refractivity contribution in [2.45, 2.75) is 70.9 Å². The van der Waals surface area contributed by atoms with E-state index in [2.05, 4.69) is 29.4 Å². The minimum absolute atomic E-state index is 0.00762. The fourth-order valence-corrected chi connectivity index (χ4v) is 6.57. The molecule has 5 atom stereocenters. The highest BCUT2D eigenvalue weighted by molar-refractivity contribution is 5.91. The van der Waals surface area contributed by atoms with Gasteiger partial charge in [-0.2, -0.15) is 0 Å². The first kappa shape index (κ1) is 23.2. The third-order valence-corrected chi connectivity index (χ3v) is 8.15. The minimum atomic E-state index is -0.707. The van der Waals surface area contributed by atoms with E-state index in [4.69, 9.17) is 0 Å². The Balaban J connectivity index is 1.44. The lowest BCUT2D eigenvalue weighted by molar-refractivity contribution is -0.142. The Labute approximate surface area is 190 Å². The molecular weight excluding hydrogens is 408 g/mol. The van der Waals surface area contributed by atoms with E-state index in [0.717, 1.165) is 38.6 Å². The monoisotopic (exact) mass is 446 g/mol. The molecule has 0 aromatic rings. The third-order valence-electron chi connectivity index (χ3n) is 8.15. The van der Waals surface area contributed by atoms with Crippen molar-refractivity contribution in [1.82, 2.24) is 20.4 Å². The molecule has 4 rings (SSSR count). The smallest absolute Gasteiger partial charge is 0.243 e. The molecule has 1 aliphatic carbocycles. The van der Waals surface area contributed by atoms with Crippen LogP contribution in [0.1, 0.15) is 58.8 Å². The summed E-state index contributed by atoms with van der Waals surface area (Å²) < 4.78 is 0. The molecule has 0 aromatic heterocycles. The SMILES string of the molecule is CC1(C)C[C@H]2CN(C(=O)CN3CCCCCC3)[C@H](C(=O)N[C@H](C=O)C[C@@H]3CCNC3=O)[C@H]21. The lowest BCUT2D eigenvalue weighted by atomic mass is 9.55. The fraction of sp³-hybridized carbons (Fsp3) is 0.833. The van der Waals surface area contributed by atoms with Crippen molar-refractivity contribution < 1.29 is 19.2 Å². The Morgan fingerprint density at radius 2 is 1.94 bits per heavy atom. The van der Waals surface area contributed by atoms with Gasteiger partial charge in [0.05, 0.1) is 12.6 Å². The average molecular weight is 447 g/mol. The molecule has 178 valence electrons. The number of likely N-dealkylation sites (tertiary alicyclic amines) is 2. The molecule has 3 amide bonds. The van der Waals surface area contributed by atoms with Crippen molar-refractivity contribution in [3.8, 4) is 0 Å². The van der Waals surface area contributed by atoms with Crippen LogP contribution < -0.4 is 10.6 Å². The van der Waals surface area contributed by atoms with Gasteiger partial charge < -0.3 is 20.3 Å². The van der Waals surface area contributed by atoms with Crippen LogP contribution in [0.15, 0.2) is 0 Å². The number of rotatable bonds is 7. The predicted molar refractivity (Wildman–Crippen MR) is 120 cm³/mol. The quantitative estimate of drug-likeness (QED) is 0.567. The summed E-state index contributed by atoms with van der Waals surface area (Å²) in [4.78, 5) is 54.4. The van der Waals surface area contributed by atoms with Gasteiger partial charge in [0, 0.05) is 19.0 Å². The van der Waals surface area contributed by atoms with Crippen LogP contribution in [0.2, 0.25) is 0 Å². The van der Waals surface area contributed by atoms with Gasteiger partial charge in [0.25, 0.3) is 0 Å². The summed E-state index contributed by atoms with van der Waals surface area (Å²) in [6, 6.07) is -1.25. The van der Waals surface area contributed by atoms with Crippen molar-refractivity contribution >= 4 is 24.0 Å². The molecule has 0 radical (unpaired) electrons. The van der Waals surface area contributed by atoms with Gasteiger partial charge in [-0.05, 0) is 62.4 Å². The van der Waals surface area contributed by atoms with E-state index in [1.807, 2.05) is 0 Å². The minimum Gasteiger partial charge on any atom is -0.356 e. The number of hydrogen-bond donors (Lipinski definition) is 2. The summed E-state index contributed by atoms with van der Waals surface area (Å²) in [6.45, 7) is 7.80. The van der Waals surface area contributed by atoms with Gasteiger partial charge in [0.1, 0.15) is 12.3 Å². The second-order valence-electron chi connectivity index (χ2n) is 10.9. The van der Waals surface area contributed by atoms with E-state index >= 15 is 0 Å². The van der Waals surface area contributed by atoms with Gasteiger partial charge in [-0.15, -0.1) is 0 Å². The first-order chi connectivity index (χ1) is 15.3. The van der Waals surface area contributed by atoms with Crippen LogP contribution >= 0.6 is 0 Å². The first-order valence-electron chi connectivity index (χ1n) is 12.4. The molecule has 2 N–H and O–H groups in total. The maximum absolute atomic E-state index is 13.4. The molecule has 0 bridgehead atoms. The van der Waals surface area contributed by atoms with E-state index in [-0.39, 0.29) is 35.0 Å². The second kappa shape index (κ2) is 9.49. The Bertz CT molecular complexity index is 746. The largest absolute Gasteiger partial charge is 0.356 e. The molecule has 3 aliphatic heterocycles. The number of amides is 3. The number of carbonyl (C=O) groups is 4. The summed E-state index contributed by atoms with van der Waals surface area (Å²) in [5.74, 6) is -0.0778. The molecule has 32 heavy (non-hydrogen) atoms. The highest BCUT2D eigenvalue weighted by Crippen LogP contribution is 2.57. The maximum Gasteiger partial charge on any atom is 0.243 e. The van der Waals surface area contributed by atoms with Crippen molar-refractivity contribution in [3.05, 3.63) is 0 Å². The van der Waals surface area contributed by atoms with Crippen LogP contribution in [-0.4, -0.2) is 78.6 Å². The van der Waals surface area contributed by atoms with Crippen LogP contribution in [0.25, 0.3) is 0 Å². The molecule has 4 aliphatic rings. The average Bonchev–Trinajstić information content (AvgIpc) is 3.19. The summed E-state index contributed by atoms with van der Waals surface area (Å²) in [5, 5.41) is 5.66. The maximum atomic E-state index is 13.4. The highest BCUT2D eigenvalue weighted by Gasteiger charge is 2.60. The summed E-state index contributed by atoms with van der Waals surface area (Å²) >= 11 is 0. The van der Waals surface area contributed by atoms with Gasteiger partial charge in [0.15, 0.2) is 0 Å². The molecule has 8 nitrogen and oxygen atoms in total. The zero-order valence-corrected chi connectivity index (χ0v) is 19.5. The molecule has 3 saturated heterocycles. The van der Waals surface area contributed by atoms with Crippen molar-refractivity contribution in [2.75, 3.05) is 32.7 Å². The Morgan fingerprint density at radius 1 is 1.22 bits per heavy atom. The number of nitrogens with one attached hydrogen (secondary N) is 2. The lowest BCUT2D eigenvalue weighted by Crippen LogP contribution is -2.57. The van der Waals surface area contributed by atoms with Crippen molar-refractivity contribution in [2.24, 2.45) is 23.2 Å². The number of aldehydes is 1. The van der Waals surface area contributed by atoms with E-state index in [1.54, 1.807) is 4.90 Å². The van der Waals surface area contributed by atoms with Crippen LogP contribution in [0, 0.1) is 23.2 Å². The van der Waals surface area contributed by atoms with Gasteiger partial charge in [0.2, 0.25) is 17.7 Å². The van der Waals surface area contributed by atoms with Gasteiger partial charge in [-0.3, -0.25) is 19.3 Å². The topological polar surface area (TPSA) is 98.8 Å². The van der Waals surface area contributed by atoms with E-state index in [9.17, 15) is 19.2 Å². The fourth-order valence-electron chi connectivity index (χ4n) is 6.57. The molecule has 1 saturated carbocycles. The highest BCUT2D eigenvalue weighted by atomic mass is 16.2. The first-order valence-corrected chi connectivity index (χ1v) is 12.4. The van der Waals surface area contributed by atoms with Crippen LogP contribution in [0.5, 0.6) is 0 Å². The molecule has 0 aromatic carbocycles. The standard InChI is InChI=1S/C24H38N4O4/c1-24(2)12-17-13-28(19(30)14-27-9-5-3-4-6-10-27)21(20(17)24)23(32)26-18(15-29)11-16-7-8-25-22(16)31/h15-18,20-21H,3-14H2,1-2H3,(H,25,31)(H,26,32)/t16-,17-,18-,20-,21-/m0/s1. The van der Waals surface area contributed by atoms with Gasteiger partial charge in [-0.1, -0.05) is 26.7 Å². The molecular formula is C24H38N4O4. The zero-order chi connectivity index (χ0) is 22.9. The second-order valence-corrected chi connectivity index (χ2v) is 10.9. The van der Waals surface area contributed by atoms with E-state index in [1.165, 1.54) is 12.8 Å². The van der Waals surface area contributed by atoms with Gasteiger partial charge in [-0.25, -0.2) is 0 Å². The van der Waals surface area contributed by atoms with E-state index < -0.39 is 12.1 Å². The lowest BCUT2D eigenvalue weighted by Gasteiger charge is -2.49. The zero-order valence-electron chi connectivity index (χ0n) is 19.5. The summed E-state index contributed by atoms with van der Waals surface area (Å²) in [7, 11) is 0. The Morgan fingerprint density at radius 3 is 2.53 bits per heavy atom. The Hall–Kier alpha value is -1.96. The Kier molecular flexibility index (Phi) is 6.89. The van der Waals surface area contributed by atoms with Crippen molar-refractivity contribution in [3.63, 3.8) is 0 Å². The van der Waals surface area contributed by atoms with Crippen molar-refractivity contribution in [1.29, 1.82) is 0 Å². The molecule has 0 spiro atoms.